The van der Waals surface area contributed by atoms with Crippen molar-refractivity contribution in [3.63, 3.8) is 0 Å². The second-order valence-corrected chi connectivity index (χ2v) is 9.69. The fourth-order valence-corrected chi connectivity index (χ4v) is 5.64. The summed E-state index contributed by atoms with van der Waals surface area (Å²) in [5, 5.41) is 2.98. The zero-order valence-corrected chi connectivity index (χ0v) is 17.5. The maximum atomic E-state index is 12.7. The van der Waals surface area contributed by atoms with Gasteiger partial charge in [-0.3, -0.25) is 0 Å². The molecule has 0 unspecified atom stereocenters. The maximum Gasteiger partial charge on any atom is 0.243 e. The fraction of sp³-hybridized carbons (Fsp3) is 0.286. The minimum atomic E-state index is -3.47. The van der Waals surface area contributed by atoms with Gasteiger partial charge >= 0.3 is 0 Å². The minimum absolute atomic E-state index is 0.308. The molecule has 0 radical (unpaired) electrons. The van der Waals surface area contributed by atoms with E-state index in [4.69, 9.17) is 9.72 Å². The number of aryl methyl sites for hydroxylation is 2. The third-order valence-corrected chi connectivity index (χ3v) is 7.66. The number of rotatable bonds is 4. The molecule has 0 aliphatic carbocycles. The molecule has 0 saturated carbocycles. The molecular formula is C21H22N2O3S2. The van der Waals surface area contributed by atoms with Crippen LogP contribution >= 0.6 is 11.3 Å². The van der Waals surface area contributed by atoms with Crippen LogP contribution in [0.2, 0.25) is 0 Å². The predicted molar refractivity (Wildman–Crippen MR) is 112 cm³/mol. The Balaban J connectivity index is 1.59. The van der Waals surface area contributed by atoms with Gasteiger partial charge in [0.2, 0.25) is 10.0 Å². The lowest BCUT2D eigenvalue weighted by molar-refractivity contribution is 0.0730. The maximum absolute atomic E-state index is 12.7. The Morgan fingerprint density at radius 2 is 1.75 bits per heavy atom. The van der Waals surface area contributed by atoms with Gasteiger partial charge in [-0.15, -0.1) is 11.3 Å². The summed E-state index contributed by atoms with van der Waals surface area (Å²) in [4.78, 5) is 5.07. The van der Waals surface area contributed by atoms with Gasteiger partial charge in [-0.2, -0.15) is 4.31 Å². The minimum Gasteiger partial charge on any atom is -0.379 e. The normalized spacial score (nSPS) is 15.6. The lowest BCUT2D eigenvalue weighted by Gasteiger charge is -2.26. The first-order valence-electron chi connectivity index (χ1n) is 9.16. The number of sulfonamides is 1. The molecule has 4 rings (SSSR count). The van der Waals surface area contributed by atoms with E-state index in [0.717, 1.165) is 21.8 Å². The highest BCUT2D eigenvalue weighted by Gasteiger charge is 2.26. The summed E-state index contributed by atoms with van der Waals surface area (Å²) in [6, 6.07) is 13.3. The van der Waals surface area contributed by atoms with E-state index < -0.39 is 10.0 Å². The summed E-state index contributed by atoms with van der Waals surface area (Å²) in [5.74, 6) is 0. The quantitative estimate of drug-likeness (QED) is 0.644. The molecule has 0 bridgehead atoms. The third-order valence-electron chi connectivity index (χ3n) is 4.87. The van der Waals surface area contributed by atoms with Crippen LogP contribution in [0.3, 0.4) is 0 Å². The van der Waals surface area contributed by atoms with Crippen molar-refractivity contribution in [1.82, 2.24) is 9.29 Å². The summed E-state index contributed by atoms with van der Waals surface area (Å²) in [6.45, 7) is 5.85. The van der Waals surface area contributed by atoms with E-state index in [0.29, 0.717) is 31.2 Å². The highest BCUT2D eigenvalue weighted by Crippen LogP contribution is 2.31. The Bertz CT molecular complexity index is 1080. The lowest BCUT2D eigenvalue weighted by Crippen LogP contribution is -2.40. The first-order chi connectivity index (χ1) is 13.4. The van der Waals surface area contributed by atoms with Crippen LogP contribution in [0.15, 0.2) is 52.7 Å². The van der Waals surface area contributed by atoms with Crippen LogP contribution in [-0.2, 0) is 14.8 Å². The topological polar surface area (TPSA) is 59.5 Å². The smallest absolute Gasteiger partial charge is 0.243 e. The molecule has 0 atom stereocenters. The number of hydrogen-bond acceptors (Lipinski definition) is 5. The third kappa shape index (κ3) is 3.75. The van der Waals surface area contributed by atoms with Crippen LogP contribution in [0.1, 0.15) is 11.1 Å². The number of nitrogens with zero attached hydrogens (tertiary/aromatic N) is 2. The van der Waals surface area contributed by atoms with Gasteiger partial charge in [0.05, 0.1) is 23.8 Å². The molecule has 28 heavy (non-hydrogen) atoms. The van der Waals surface area contributed by atoms with Gasteiger partial charge in [-0.05, 0) is 31.5 Å². The molecule has 1 aliphatic rings. The van der Waals surface area contributed by atoms with Gasteiger partial charge in [-0.25, -0.2) is 13.4 Å². The Hall–Kier alpha value is -2.06. The number of benzene rings is 2. The van der Waals surface area contributed by atoms with E-state index in [2.05, 4.69) is 32.0 Å². The van der Waals surface area contributed by atoms with Crippen molar-refractivity contribution in [3.8, 4) is 21.8 Å². The van der Waals surface area contributed by atoms with Crippen molar-refractivity contribution in [1.29, 1.82) is 0 Å². The van der Waals surface area contributed by atoms with E-state index in [-0.39, 0.29) is 0 Å². The van der Waals surface area contributed by atoms with E-state index in [1.807, 2.05) is 17.5 Å². The van der Waals surface area contributed by atoms with E-state index in [1.165, 1.54) is 15.4 Å². The van der Waals surface area contributed by atoms with Crippen LogP contribution in [0, 0.1) is 13.8 Å². The summed E-state index contributed by atoms with van der Waals surface area (Å²) >= 11 is 1.60. The van der Waals surface area contributed by atoms with Gasteiger partial charge in [0.1, 0.15) is 5.01 Å². The molecule has 146 valence electrons. The van der Waals surface area contributed by atoms with Crippen molar-refractivity contribution < 1.29 is 13.2 Å². The predicted octanol–water partition coefficient (Wildman–Crippen LogP) is 4.11. The first kappa shape index (κ1) is 19.3. The van der Waals surface area contributed by atoms with Crippen LogP contribution in [0.25, 0.3) is 21.8 Å². The number of hydrogen-bond donors (Lipinski definition) is 0. The molecule has 0 amide bonds. The van der Waals surface area contributed by atoms with Crippen LogP contribution in [0.5, 0.6) is 0 Å². The monoisotopic (exact) mass is 414 g/mol. The molecule has 1 saturated heterocycles. The summed E-state index contributed by atoms with van der Waals surface area (Å²) in [7, 11) is -3.47. The second kappa shape index (κ2) is 7.75. The van der Waals surface area contributed by atoms with Gasteiger partial charge in [0.25, 0.3) is 0 Å². The van der Waals surface area contributed by atoms with Crippen molar-refractivity contribution >= 4 is 21.4 Å². The van der Waals surface area contributed by atoms with Crippen LogP contribution in [-0.4, -0.2) is 44.0 Å². The molecule has 0 N–H and O–H groups in total. The number of morpholine rings is 1. The molecule has 2 heterocycles. The number of aromatic nitrogens is 1. The molecule has 7 heteroatoms. The van der Waals surface area contributed by atoms with Gasteiger partial charge < -0.3 is 4.74 Å². The zero-order valence-electron chi connectivity index (χ0n) is 15.9. The molecule has 1 fully saturated rings. The molecule has 1 aliphatic heterocycles. The first-order valence-corrected chi connectivity index (χ1v) is 11.5. The average molecular weight is 415 g/mol. The van der Waals surface area contributed by atoms with Gasteiger partial charge in [0.15, 0.2) is 0 Å². The van der Waals surface area contributed by atoms with E-state index in [9.17, 15) is 8.42 Å². The molecule has 3 aromatic rings. The molecule has 5 nitrogen and oxygen atoms in total. The Labute approximate surface area is 169 Å². The van der Waals surface area contributed by atoms with Crippen molar-refractivity contribution in [2.24, 2.45) is 0 Å². The molecule has 2 aromatic carbocycles. The fourth-order valence-electron chi connectivity index (χ4n) is 3.32. The molecule has 0 spiro atoms. The largest absolute Gasteiger partial charge is 0.379 e. The Morgan fingerprint density at radius 3 is 2.43 bits per heavy atom. The number of ether oxygens (including phenoxy) is 1. The second-order valence-electron chi connectivity index (χ2n) is 6.90. The van der Waals surface area contributed by atoms with Crippen LogP contribution in [0.4, 0.5) is 0 Å². The standard InChI is InChI=1S/C21H22N2O3S2/c1-15-3-8-19(16(2)13-15)21-22-20(14-27-21)17-4-6-18(7-5-17)28(24,25)23-9-11-26-12-10-23/h3-8,13-14H,9-12H2,1-2H3. The summed E-state index contributed by atoms with van der Waals surface area (Å²) in [5.41, 5.74) is 5.33. The average Bonchev–Trinajstić information content (AvgIpc) is 3.18. The molecule has 1 aromatic heterocycles. The van der Waals surface area contributed by atoms with Gasteiger partial charge in [-0.1, -0.05) is 35.9 Å². The van der Waals surface area contributed by atoms with Crippen molar-refractivity contribution in [2.75, 3.05) is 26.3 Å². The Morgan fingerprint density at radius 1 is 1.04 bits per heavy atom. The van der Waals surface area contributed by atoms with E-state index in [1.54, 1.807) is 23.5 Å². The highest BCUT2D eigenvalue weighted by atomic mass is 32.2. The Kier molecular flexibility index (Phi) is 5.33. The van der Waals surface area contributed by atoms with E-state index >= 15 is 0 Å². The summed E-state index contributed by atoms with van der Waals surface area (Å²) in [6.07, 6.45) is 0. The SMILES string of the molecule is Cc1ccc(-c2nc(-c3ccc(S(=O)(=O)N4CCOCC4)cc3)cs2)c(C)c1. The zero-order chi connectivity index (χ0) is 19.7. The lowest BCUT2D eigenvalue weighted by atomic mass is 10.1. The number of thiazole rings is 1. The van der Waals surface area contributed by atoms with Crippen molar-refractivity contribution in [2.45, 2.75) is 18.7 Å². The van der Waals surface area contributed by atoms with Gasteiger partial charge in [0, 0.05) is 29.6 Å². The summed E-state index contributed by atoms with van der Waals surface area (Å²) < 4.78 is 32.2. The van der Waals surface area contributed by atoms with Crippen LogP contribution < -0.4 is 0 Å². The molecular weight excluding hydrogens is 392 g/mol. The highest BCUT2D eigenvalue weighted by molar-refractivity contribution is 7.89. The van der Waals surface area contributed by atoms with Crippen molar-refractivity contribution in [3.05, 3.63) is 59.0 Å².